The van der Waals surface area contributed by atoms with E-state index >= 15 is 0 Å². The van der Waals surface area contributed by atoms with E-state index in [-0.39, 0.29) is 5.41 Å². The van der Waals surface area contributed by atoms with Crippen LogP contribution in [0.25, 0.3) is 0 Å². The van der Waals surface area contributed by atoms with Gasteiger partial charge in [0.1, 0.15) is 0 Å². The van der Waals surface area contributed by atoms with Gasteiger partial charge >= 0.3 is 0 Å². The molecule has 0 aliphatic carbocycles. The quantitative estimate of drug-likeness (QED) is 0.273. The second-order valence-corrected chi connectivity index (χ2v) is 13.0. The van der Waals surface area contributed by atoms with E-state index in [1.807, 2.05) is 0 Å². The summed E-state index contributed by atoms with van der Waals surface area (Å²) in [5, 5.41) is 7.14. The summed E-state index contributed by atoms with van der Waals surface area (Å²) in [4.78, 5) is 0. The molecule has 4 aromatic rings. The van der Waals surface area contributed by atoms with E-state index in [1.54, 1.807) is 0 Å². The highest BCUT2D eigenvalue weighted by Crippen LogP contribution is 2.55. The SMILES string of the molecule is CC(C)(C)/C(=C/P(c1ccccc1)c1ccccc1)P(c1ccccc1)c1ccccc1. The second-order valence-electron chi connectivity index (χ2n) is 8.81. The third-order valence-electron chi connectivity index (χ3n) is 5.36. The van der Waals surface area contributed by atoms with E-state index < -0.39 is 15.8 Å². The normalized spacial score (nSPS) is 12.3. The number of allylic oxidation sites excluding steroid dienone is 1. The average molecular weight is 453 g/mol. The van der Waals surface area contributed by atoms with Gasteiger partial charge in [0, 0.05) is 0 Å². The number of rotatable bonds is 6. The van der Waals surface area contributed by atoms with Gasteiger partial charge in [-0.3, -0.25) is 0 Å². The fourth-order valence-corrected chi connectivity index (χ4v) is 9.25. The molecule has 0 saturated carbocycles. The molecule has 0 nitrogen and oxygen atoms in total. The lowest BCUT2D eigenvalue weighted by Gasteiger charge is -2.33. The van der Waals surface area contributed by atoms with Crippen LogP contribution < -0.4 is 21.2 Å². The Morgan fingerprint density at radius 2 is 0.812 bits per heavy atom. The maximum absolute atomic E-state index is 2.62. The van der Waals surface area contributed by atoms with E-state index in [2.05, 4.69) is 148 Å². The fourth-order valence-electron chi connectivity index (χ4n) is 3.77. The molecule has 0 amide bonds. The standard InChI is InChI=1S/C30H30P2/c1-30(2,3)29(32(27-20-12-6-13-21-27)28-22-14-7-15-23-28)24-31(25-16-8-4-9-17-25)26-18-10-5-11-19-26/h4-24H,1-3H3/b29-24-. The van der Waals surface area contributed by atoms with E-state index in [0.717, 1.165) is 0 Å². The molecule has 2 heteroatoms. The first-order chi connectivity index (χ1) is 15.5. The topological polar surface area (TPSA) is 0 Å². The molecule has 0 N–H and O–H groups in total. The van der Waals surface area contributed by atoms with Crippen molar-refractivity contribution in [3.8, 4) is 0 Å². The molecule has 0 spiro atoms. The fraction of sp³-hybridized carbons (Fsp3) is 0.133. The van der Waals surface area contributed by atoms with Crippen LogP contribution >= 0.6 is 15.8 Å². The van der Waals surface area contributed by atoms with Gasteiger partial charge in [-0.05, 0) is 53.6 Å². The van der Waals surface area contributed by atoms with Crippen LogP contribution in [0.2, 0.25) is 0 Å². The summed E-state index contributed by atoms with van der Waals surface area (Å²) in [5.41, 5.74) is 0.0432. The van der Waals surface area contributed by atoms with Gasteiger partial charge in [0.25, 0.3) is 0 Å². The second kappa shape index (κ2) is 10.4. The monoisotopic (exact) mass is 452 g/mol. The lowest BCUT2D eigenvalue weighted by atomic mass is 9.97. The van der Waals surface area contributed by atoms with Gasteiger partial charge in [-0.15, -0.1) is 0 Å². The lowest BCUT2D eigenvalue weighted by Crippen LogP contribution is -2.21. The Labute approximate surface area is 195 Å². The van der Waals surface area contributed by atoms with Crippen LogP contribution in [0.15, 0.2) is 132 Å². The molecular formula is C30H30P2. The molecule has 0 aliphatic rings. The first kappa shape index (κ1) is 22.7. The summed E-state index contributed by atoms with van der Waals surface area (Å²) >= 11 is 0. The van der Waals surface area contributed by atoms with Crippen LogP contribution in [0.1, 0.15) is 20.8 Å². The minimum absolute atomic E-state index is 0.0432. The highest BCUT2D eigenvalue weighted by molar-refractivity contribution is 7.80. The van der Waals surface area contributed by atoms with Crippen molar-refractivity contribution < 1.29 is 0 Å². The Kier molecular flexibility index (Phi) is 7.36. The number of hydrogen-bond donors (Lipinski definition) is 0. The Bertz CT molecular complexity index is 1050. The number of hydrogen-bond acceptors (Lipinski definition) is 0. The van der Waals surface area contributed by atoms with Gasteiger partial charge in [0.15, 0.2) is 0 Å². The average Bonchev–Trinajstić information content (AvgIpc) is 2.83. The maximum Gasteiger partial charge on any atom is -0.0121 e. The van der Waals surface area contributed by atoms with Crippen LogP contribution in [0.5, 0.6) is 0 Å². The molecule has 0 aliphatic heterocycles. The molecule has 0 radical (unpaired) electrons. The van der Waals surface area contributed by atoms with Gasteiger partial charge in [-0.25, -0.2) is 0 Å². The van der Waals surface area contributed by atoms with Crippen LogP contribution in [0, 0.1) is 5.41 Å². The lowest BCUT2D eigenvalue weighted by molar-refractivity contribution is 0.533. The molecular weight excluding hydrogens is 422 g/mol. The van der Waals surface area contributed by atoms with Crippen molar-refractivity contribution in [1.29, 1.82) is 0 Å². The molecule has 160 valence electrons. The Morgan fingerprint density at radius 1 is 0.500 bits per heavy atom. The minimum Gasteiger partial charge on any atom is -0.0622 e. The zero-order chi connectivity index (χ0) is 22.4. The molecule has 32 heavy (non-hydrogen) atoms. The van der Waals surface area contributed by atoms with Gasteiger partial charge in [-0.1, -0.05) is 142 Å². The first-order valence-corrected chi connectivity index (χ1v) is 13.8. The van der Waals surface area contributed by atoms with E-state index in [1.165, 1.54) is 26.5 Å². The third-order valence-corrected chi connectivity index (χ3v) is 10.7. The van der Waals surface area contributed by atoms with Crippen LogP contribution in [-0.4, -0.2) is 0 Å². The molecule has 0 saturated heterocycles. The predicted molar refractivity (Wildman–Crippen MR) is 146 cm³/mol. The highest BCUT2D eigenvalue weighted by atomic mass is 31.1. The molecule has 0 aromatic heterocycles. The molecule has 0 unspecified atom stereocenters. The van der Waals surface area contributed by atoms with E-state index in [0.29, 0.717) is 0 Å². The van der Waals surface area contributed by atoms with Crippen LogP contribution in [-0.2, 0) is 0 Å². The Hall–Kier alpha value is -2.52. The molecule has 4 rings (SSSR count). The van der Waals surface area contributed by atoms with Gasteiger partial charge in [0.05, 0.1) is 0 Å². The van der Waals surface area contributed by atoms with Crippen molar-refractivity contribution >= 4 is 37.1 Å². The predicted octanol–water partition coefficient (Wildman–Crippen LogP) is 7.14. The molecule has 4 aromatic carbocycles. The highest BCUT2D eigenvalue weighted by Gasteiger charge is 2.29. The van der Waals surface area contributed by atoms with Crippen molar-refractivity contribution in [2.45, 2.75) is 20.8 Å². The van der Waals surface area contributed by atoms with Crippen molar-refractivity contribution in [3.63, 3.8) is 0 Å². The van der Waals surface area contributed by atoms with Gasteiger partial charge in [0.2, 0.25) is 0 Å². The van der Waals surface area contributed by atoms with Crippen molar-refractivity contribution in [1.82, 2.24) is 0 Å². The minimum atomic E-state index is -0.638. The molecule has 0 atom stereocenters. The first-order valence-electron chi connectivity index (χ1n) is 11.1. The molecule has 0 heterocycles. The van der Waals surface area contributed by atoms with Crippen molar-refractivity contribution in [3.05, 3.63) is 132 Å². The van der Waals surface area contributed by atoms with Crippen molar-refractivity contribution in [2.24, 2.45) is 5.41 Å². The summed E-state index contributed by atoms with van der Waals surface area (Å²) in [7, 11) is -1.25. The summed E-state index contributed by atoms with van der Waals surface area (Å²) in [6, 6.07) is 44.1. The van der Waals surface area contributed by atoms with Gasteiger partial charge < -0.3 is 0 Å². The summed E-state index contributed by atoms with van der Waals surface area (Å²) in [6.07, 6.45) is 0. The van der Waals surface area contributed by atoms with Gasteiger partial charge in [-0.2, -0.15) is 0 Å². The van der Waals surface area contributed by atoms with Crippen molar-refractivity contribution in [2.75, 3.05) is 0 Å². The zero-order valence-electron chi connectivity index (χ0n) is 19.0. The maximum atomic E-state index is 2.62. The van der Waals surface area contributed by atoms with E-state index in [9.17, 15) is 0 Å². The number of benzene rings is 4. The molecule has 0 fully saturated rings. The van der Waals surface area contributed by atoms with E-state index in [4.69, 9.17) is 0 Å². The Morgan fingerprint density at radius 3 is 1.12 bits per heavy atom. The van der Waals surface area contributed by atoms with Crippen LogP contribution in [0.3, 0.4) is 0 Å². The largest absolute Gasteiger partial charge is 0.0622 e. The summed E-state index contributed by atoms with van der Waals surface area (Å²) in [5.74, 6) is 2.62. The van der Waals surface area contributed by atoms with Crippen LogP contribution in [0.4, 0.5) is 0 Å². The third kappa shape index (κ3) is 5.45. The summed E-state index contributed by atoms with van der Waals surface area (Å²) < 4.78 is 0. The Balaban J connectivity index is 1.94. The summed E-state index contributed by atoms with van der Waals surface area (Å²) in [6.45, 7) is 7.09. The zero-order valence-corrected chi connectivity index (χ0v) is 20.8. The molecule has 0 bridgehead atoms. The smallest absolute Gasteiger partial charge is 0.0121 e.